The van der Waals surface area contributed by atoms with Crippen LogP contribution in [0, 0.1) is 6.92 Å². The summed E-state index contributed by atoms with van der Waals surface area (Å²) in [7, 11) is 0. The van der Waals surface area contributed by atoms with Crippen molar-refractivity contribution >= 4 is 28.1 Å². The Kier molecular flexibility index (Phi) is 5.71. The molecular formula is C37H28N2O. The number of nitrogens with zero attached hydrogens (tertiary/aromatic N) is 1. The second-order valence-corrected chi connectivity index (χ2v) is 10.3. The third kappa shape index (κ3) is 3.70. The second-order valence-electron chi connectivity index (χ2n) is 10.3. The van der Waals surface area contributed by atoms with Crippen LogP contribution in [0.5, 0.6) is 0 Å². The van der Waals surface area contributed by atoms with E-state index in [-0.39, 0.29) is 5.91 Å². The first-order valence-electron chi connectivity index (χ1n) is 13.6. The van der Waals surface area contributed by atoms with Crippen LogP contribution in [0.1, 0.15) is 38.3 Å². The number of hydrogen-bond acceptors (Lipinski definition) is 1. The van der Waals surface area contributed by atoms with Gasteiger partial charge in [-0.2, -0.15) is 0 Å². The van der Waals surface area contributed by atoms with Gasteiger partial charge in [-0.15, -0.1) is 0 Å². The van der Waals surface area contributed by atoms with E-state index < -0.39 is 5.54 Å². The van der Waals surface area contributed by atoms with Gasteiger partial charge in [0.25, 0.3) is 5.91 Å². The summed E-state index contributed by atoms with van der Waals surface area (Å²) < 4.78 is 2.51. The molecule has 6 aromatic rings. The van der Waals surface area contributed by atoms with E-state index in [4.69, 9.17) is 0 Å². The van der Waals surface area contributed by atoms with Crippen molar-refractivity contribution in [2.24, 2.45) is 0 Å². The number of amides is 1. The molecule has 1 unspecified atom stereocenters. The van der Waals surface area contributed by atoms with E-state index >= 15 is 0 Å². The Morgan fingerprint density at radius 2 is 1.23 bits per heavy atom. The molecule has 7 rings (SSSR count). The molecule has 0 aliphatic carbocycles. The summed E-state index contributed by atoms with van der Waals surface area (Å²) in [4.78, 5) is 12.8. The third-order valence-electron chi connectivity index (χ3n) is 8.01. The number of aryl methyl sites for hydroxylation is 1. The van der Waals surface area contributed by atoms with Crippen molar-refractivity contribution in [1.29, 1.82) is 0 Å². The summed E-state index contributed by atoms with van der Waals surface area (Å²) in [6.45, 7) is 2.23. The van der Waals surface area contributed by atoms with Crippen LogP contribution in [0.4, 0.5) is 5.69 Å². The molecule has 3 nitrogen and oxygen atoms in total. The van der Waals surface area contributed by atoms with Crippen molar-refractivity contribution in [3.63, 3.8) is 0 Å². The first-order valence-corrected chi connectivity index (χ1v) is 13.6. The molecule has 1 atom stereocenters. The number of hydrogen-bond donors (Lipinski definition) is 1. The number of fused-ring (bicyclic) bond motifs is 3. The topological polar surface area (TPSA) is 34.0 Å². The second kappa shape index (κ2) is 9.55. The van der Waals surface area contributed by atoms with Crippen LogP contribution in [0.25, 0.3) is 16.5 Å². The fourth-order valence-electron chi connectivity index (χ4n) is 6.15. The Hall–Kier alpha value is -5.15. The van der Waals surface area contributed by atoms with E-state index in [9.17, 15) is 4.79 Å². The van der Waals surface area contributed by atoms with Crippen LogP contribution >= 0.6 is 0 Å². The van der Waals surface area contributed by atoms with Crippen LogP contribution < -0.4 is 5.32 Å². The fourth-order valence-corrected chi connectivity index (χ4v) is 6.15. The highest BCUT2D eigenvalue weighted by molar-refractivity contribution is 6.04. The van der Waals surface area contributed by atoms with E-state index in [0.717, 1.165) is 11.3 Å². The molecule has 0 saturated carbocycles. The van der Waals surface area contributed by atoms with Crippen molar-refractivity contribution in [1.82, 2.24) is 4.57 Å². The van der Waals surface area contributed by atoms with Crippen LogP contribution in [0.15, 0.2) is 146 Å². The largest absolute Gasteiger partial charge is 0.322 e. The summed E-state index contributed by atoms with van der Waals surface area (Å²) in [5, 5.41) is 4.31. The number of aromatic nitrogens is 1. The lowest BCUT2D eigenvalue weighted by Crippen LogP contribution is -2.32. The normalized spacial score (nSPS) is 16.0. The van der Waals surface area contributed by atoms with Gasteiger partial charge >= 0.3 is 0 Å². The number of para-hydroxylation sites is 1. The van der Waals surface area contributed by atoms with Crippen molar-refractivity contribution in [3.05, 3.63) is 179 Å². The average molecular weight is 517 g/mol. The lowest BCUT2D eigenvalue weighted by molar-refractivity contribution is 0.102. The minimum Gasteiger partial charge on any atom is -0.322 e. The molecule has 0 spiro atoms. The number of anilines is 1. The zero-order chi connectivity index (χ0) is 27.1. The number of allylic oxidation sites excluding steroid dienone is 1. The molecule has 0 fully saturated rings. The third-order valence-corrected chi connectivity index (χ3v) is 8.01. The first-order chi connectivity index (χ1) is 19.7. The molecular weight excluding hydrogens is 488 g/mol. The van der Waals surface area contributed by atoms with Crippen molar-refractivity contribution in [2.45, 2.75) is 12.5 Å². The SMILES string of the molecule is Cc1c2n(c3ccccc13)C(c1ccccc1)(c1ccc(NC(=O)c3ccccc3)cc1)C=C2c1ccccc1. The molecule has 5 aromatic carbocycles. The fraction of sp³-hybridized carbons (Fsp3) is 0.0541. The van der Waals surface area contributed by atoms with Crippen molar-refractivity contribution in [2.75, 3.05) is 5.32 Å². The van der Waals surface area contributed by atoms with Gasteiger partial charge < -0.3 is 9.88 Å². The van der Waals surface area contributed by atoms with Crippen LogP contribution in [-0.4, -0.2) is 10.5 Å². The Balaban J connectivity index is 1.45. The Morgan fingerprint density at radius 3 is 1.93 bits per heavy atom. The molecule has 1 amide bonds. The summed E-state index contributed by atoms with van der Waals surface area (Å²) in [5.41, 5.74) is 9.26. The van der Waals surface area contributed by atoms with Crippen molar-refractivity contribution < 1.29 is 4.79 Å². The highest BCUT2D eigenvalue weighted by atomic mass is 16.1. The van der Waals surface area contributed by atoms with Crippen LogP contribution in [-0.2, 0) is 5.54 Å². The molecule has 1 aliphatic heterocycles. The summed E-state index contributed by atoms with van der Waals surface area (Å²) in [6.07, 6.45) is 2.42. The molecule has 40 heavy (non-hydrogen) atoms. The van der Waals surface area contributed by atoms with Gasteiger partial charge in [0.05, 0.1) is 11.2 Å². The Morgan fingerprint density at radius 1 is 0.650 bits per heavy atom. The molecule has 2 heterocycles. The Bertz CT molecular complexity index is 1870. The maximum absolute atomic E-state index is 12.8. The van der Waals surface area contributed by atoms with Crippen LogP contribution in [0.3, 0.4) is 0 Å². The maximum atomic E-state index is 12.8. The number of carbonyl (C=O) groups is 1. The zero-order valence-corrected chi connectivity index (χ0v) is 22.2. The van der Waals surface area contributed by atoms with Gasteiger partial charge in [0.2, 0.25) is 0 Å². The van der Waals surface area contributed by atoms with Gasteiger partial charge in [0.15, 0.2) is 0 Å². The van der Waals surface area contributed by atoms with Gasteiger partial charge in [-0.1, -0.05) is 109 Å². The standard InChI is InChI=1S/C37H28N2O/c1-26-32-19-11-12-20-34(32)39-35(26)33(27-13-5-2-6-14-27)25-37(39,29-17-9-4-10-18-29)30-21-23-31(24-22-30)38-36(40)28-15-7-3-8-16-28/h2-25H,1H3,(H,38,40). The molecule has 1 aliphatic rings. The molecule has 3 heteroatoms. The summed E-state index contributed by atoms with van der Waals surface area (Å²) >= 11 is 0. The van der Waals surface area contributed by atoms with Gasteiger partial charge in [-0.25, -0.2) is 0 Å². The first kappa shape index (κ1) is 23.9. The zero-order valence-electron chi connectivity index (χ0n) is 22.2. The minimum atomic E-state index is -0.572. The smallest absolute Gasteiger partial charge is 0.255 e. The van der Waals surface area contributed by atoms with Gasteiger partial charge in [-0.05, 0) is 65.6 Å². The lowest BCUT2D eigenvalue weighted by Gasteiger charge is -2.33. The summed E-state index contributed by atoms with van der Waals surface area (Å²) in [5.74, 6) is -0.118. The number of carbonyl (C=O) groups excluding carboxylic acids is 1. The van der Waals surface area contributed by atoms with E-state index in [1.165, 1.54) is 38.9 Å². The van der Waals surface area contributed by atoms with E-state index in [1.807, 2.05) is 42.5 Å². The predicted octanol–water partition coefficient (Wildman–Crippen LogP) is 8.44. The lowest BCUT2D eigenvalue weighted by atomic mass is 9.81. The quantitative estimate of drug-likeness (QED) is 0.245. The predicted molar refractivity (Wildman–Crippen MR) is 164 cm³/mol. The van der Waals surface area contributed by atoms with Crippen molar-refractivity contribution in [3.8, 4) is 0 Å². The number of benzene rings is 5. The number of rotatable bonds is 5. The number of nitrogens with one attached hydrogen (secondary N) is 1. The highest BCUT2D eigenvalue weighted by Crippen LogP contribution is 2.50. The molecule has 0 radical (unpaired) electrons. The van der Waals surface area contributed by atoms with Crippen LogP contribution in [0.2, 0.25) is 0 Å². The van der Waals surface area contributed by atoms with Gasteiger partial charge in [0, 0.05) is 22.2 Å². The van der Waals surface area contributed by atoms with E-state index in [2.05, 4.69) is 120 Å². The minimum absolute atomic E-state index is 0.118. The molecule has 0 bridgehead atoms. The molecule has 1 aromatic heterocycles. The molecule has 0 saturated heterocycles. The maximum Gasteiger partial charge on any atom is 0.255 e. The van der Waals surface area contributed by atoms with E-state index in [0.29, 0.717) is 5.56 Å². The van der Waals surface area contributed by atoms with E-state index in [1.54, 1.807) is 0 Å². The monoisotopic (exact) mass is 516 g/mol. The van der Waals surface area contributed by atoms with Gasteiger partial charge in [-0.3, -0.25) is 4.79 Å². The van der Waals surface area contributed by atoms with Gasteiger partial charge in [0.1, 0.15) is 5.54 Å². The highest BCUT2D eigenvalue weighted by Gasteiger charge is 2.43. The average Bonchev–Trinajstić information content (AvgIpc) is 3.53. The molecule has 1 N–H and O–H groups in total. The summed E-state index contributed by atoms with van der Waals surface area (Å²) in [6, 6.07) is 47.6. The molecule has 192 valence electrons. The Labute approximate surface area is 234 Å².